The van der Waals surface area contributed by atoms with Crippen LogP contribution in [0.1, 0.15) is 28.4 Å². The number of nitrogens with two attached hydrogens (primary N) is 2. The van der Waals surface area contributed by atoms with Gasteiger partial charge in [-0.2, -0.15) is 18.3 Å². The molecule has 1 aliphatic rings. The normalized spacial score (nSPS) is 19.2. The molecule has 1 aromatic heterocycles. The van der Waals surface area contributed by atoms with Gasteiger partial charge in [0.05, 0.1) is 24.7 Å². The van der Waals surface area contributed by atoms with Crippen molar-refractivity contribution in [3.63, 3.8) is 0 Å². The first-order valence-corrected chi connectivity index (χ1v) is 9.37. The Kier molecular flexibility index (Phi) is 5.90. The Hall–Kier alpha value is -2.53. The maximum atomic E-state index is 12.5. The fraction of sp³-hybridized carbons (Fsp3) is 0.333. The van der Waals surface area contributed by atoms with E-state index in [4.69, 9.17) is 16.3 Å². The zero-order valence-electron chi connectivity index (χ0n) is 15.4. The number of ether oxygens (including phenoxy) is 1. The average Bonchev–Trinajstić information content (AvgIpc) is 3.30. The smallest absolute Gasteiger partial charge is 0.407 e. The molecule has 1 fully saturated rings. The van der Waals surface area contributed by atoms with E-state index in [0.29, 0.717) is 17.1 Å². The molecule has 0 radical (unpaired) electrons. The van der Waals surface area contributed by atoms with Crippen LogP contribution in [-0.2, 0) is 4.74 Å². The largest absolute Gasteiger partial charge is 0.465 e. The van der Waals surface area contributed by atoms with Gasteiger partial charge < -0.3 is 15.5 Å². The molecule has 2 atom stereocenters. The number of hydrogen-bond acceptors (Lipinski definition) is 6. The number of hydrazine groups is 1. The third-order valence-electron chi connectivity index (χ3n) is 4.51. The molecule has 29 heavy (non-hydrogen) atoms. The number of carbonyl (C=O) groups is 1. The Morgan fingerprint density at radius 2 is 2.21 bits per heavy atom. The maximum Gasteiger partial charge on any atom is 0.407 e. The molecule has 4 N–H and O–H groups in total. The summed E-state index contributed by atoms with van der Waals surface area (Å²) in [6.45, 7) is -1.31. The highest BCUT2D eigenvalue weighted by atomic mass is 79.9. The van der Waals surface area contributed by atoms with E-state index in [2.05, 4.69) is 21.0 Å². The first kappa shape index (κ1) is 21.2. The standard InChI is InChI=1S/C18H19BrF3N5O2/c1-29-17(28)14-7-25-27(11-4-2-3-10(19)5-11)16(14)13-6-12(13)15(23)8-26(24)9-18(20,21)22/h2-5,7-8,12-13H,6,9,23-24H2,1H3/b15-8-/t12?,13-/m1/s1. The minimum absolute atomic E-state index is 0.207. The molecule has 2 aromatic rings. The second kappa shape index (κ2) is 8.07. The summed E-state index contributed by atoms with van der Waals surface area (Å²) >= 11 is 3.40. The van der Waals surface area contributed by atoms with E-state index in [1.807, 2.05) is 24.3 Å². The Morgan fingerprint density at radius 1 is 1.48 bits per heavy atom. The molecule has 1 aromatic carbocycles. The van der Waals surface area contributed by atoms with E-state index in [1.165, 1.54) is 13.3 Å². The molecule has 1 unspecified atom stereocenters. The van der Waals surface area contributed by atoms with Crippen molar-refractivity contribution in [2.75, 3.05) is 13.7 Å². The third kappa shape index (κ3) is 4.91. The number of aromatic nitrogens is 2. The monoisotopic (exact) mass is 473 g/mol. The number of esters is 1. The first-order chi connectivity index (χ1) is 13.6. The number of hydrogen-bond donors (Lipinski definition) is 2. The topological polar surface area (TPSA) is 99.4 Å². The predicted molar refractivity (Wildman–Crippen MR) is 103 cm³/mol. The van der Waals surface area contributed by atoms with Gasteiger partial charge in [-0.1, -0.05) is 22.0 Å². The first-order valence-electron chi connectivity index (χ1n) is 8.58. The summed E-state index contributed by atoms with van der Waals surface area (Å²) < 4.78 is 44.7. The summed E-state index contributed by atoms with van der Waals surface area (Å²) in [5.74, 6) is 4.37. The molecule has 1 heterocycles. The van der Waals surface area contributed by atoms with E-state index >= 15 is 0 Å². The zero-order chi connectivity index (χ0) is 21.3. The fourth-order valence-electron chi connectivity index (χ4n) is 3.20. The van der Waals surface area contributed by atoms with E-state index in [1.54, 1.807) is 4.68 Å². The van der Waals surface area contributed by atoms with Crippen LogP contribution in [0.15, 0.2) is 46.8 Å². The molecular formula is C18H19BrF3N5O2. The second-order valence-electron chi connectivity index (χ2n) is 6.69. The van der Waals surface area contributed by atoms with E-state index in [0.717, 1.165) is 16.4 Å². The van der Waals surface area contributed by atoms with Crippen molar-refractivity contribution in [2.24, 2.45) is 17.5 Å². The van der Waals surface area contributed by atoms with Crippen molar-refractivity contribution >= 4 is 21.9 Å². The lowest BCUT2D eigenvalue weighted by Gasteiger charge is -2.17. The lowest BCUT2D eigenvalue weighted by atomic mass is 10.1. The highest BCUT2D eigenvalue weighted by Crippen LogP contribution is 2.52. The van der Waals surface area contributed by atoms with Crippen LogP contribution >= 0.6 is 15.9 Å². The minimum atomic E-state index is -4.44. The Morgan fingerprint density at radius 3 is 2.83 bits per heavy atom. The van der Waals surface area contributed by atoms with Crippen molar-refractivity contribution in [1.29, 1.82) is 0 Å². The number of nitrogens with zero attached hydrogens (tertiary/aromatic N) is 3. The SMILES string of the molecule is COC(=O)c1cnn(-c2cccc(Br)c2)c1[C@@H]1CC1/C(N)=C/N(N)CC(F)(F)F. The maximum absolute atomic E-state index is 12.5. The molecule has 0 spiro atoms. The molecule has 0 amide bonds. The molecule has 0 bridgehead atoms. The van der Waals surface area contributed by atoms with Crippen LogP contribution in [0.3, 0.4) is 0 Å². The van der Waals surface area contributed by atoms with Gasteiger partial charge in [0.25, 0.3) is 0 Å². The number of methoxy groups -OCH3 is 1. The predicted octanol–water partition coefficient (Wildman–Crippen LogP) is 3.06. The van der Waals surface area contributed by atoms with Crippen LogP contribution < -0.4 is 11.6 Å². The highest BCUT2D eigenvalue weighted by molar-refractivity contribution is 9.10. The van der Waals surface area contributed by atoms with E-state index in [9.17, 15) is 18.0 Å². The van der Waals surface area contributed by atoms with Crippen LogP contribution in [0.25, 0.3) is 5.69 Å². The molecule has 0 aliphatic heterocycles. The van der Waals surface area contributed by atoms with E-state index < -0.39 is 18.7 Å². The van der Waals surface area contributed by atoms with Crippen molar-refractivity contribution in [2.45, 2.75) is 18.5 Å². The Labute approximate surface area is 173 Å². The second-order valence-corrected chi connectivity index (χ2v) is 7.61. The number of alkyl halides is 3. The van der Waals surface area contributed by atoms with Crippen LogP contribution in [0.2, 0.25) is 0 Å². The van der Waals surface area contributed by atoms with Gasteiger partial charge in [0.2, 0.25) is 0 Å². The summed E-state index contributed by atoms with van der Waals surface area (Å²) in [5.41, 5.74) is 7.79. The molecule has 7 nitrogen and oxygen atoms in total. The van der Waals surface area contributed by atoms with Crippen LogP contribution in [0.4, 0.5) is 13.2 Å². The number of halogens is 4. The molecule has 1 saturated carbocycles. The number of allylic oxidation sites excluding steroid dienone is 1. The van der Waals surface area contributed by atoms with Crippen LogP contribution in [0.5, 0.6) is 0 Å². The summed E-state index contributed by atoms with van der Waals surface area (Å²) in [4.78, 5) is 12.2. The van der Waals surface area contributed by atoms with Gasteiger partial charge in [-0.15, -0.1) is 0 Å². The quantitative estimate of drug-likeness (QED) is 0.380. The third-order valence-corrected chi connectivity index (χ3v) is 5.00. The number of rotatable bonds is 6. The van der Waals surface area contributed by atoms with Gasteiger partial charge in [-0.3, -0.25) is 0 Å². The van der Waals surface area contributed by atoms with Gasteiger partial charge in [0.15, 0.2) is 0 Å². The van der Waals surface area contributed by atoms with Crippen LogP contribution in [0, 0.1) is 5.92 Å². The summed E-state index contributed by atoms with van der Waals surface area (Å²) in [5, 5.41) is 4.82. The van der Waals surface area contributed by atoms with Crippen molar-refractivity contribution in [1.82, 2.24) is 14.8 Å². The van der Waals surface area contributed by atoms with Crippen molar-refractivity contribution < 1.29 is 22.7 Å². The molecular weight excluding hydrogens is 455 g/mol. The molecule has 0 saturated heterocycles. The average molecular weight is 474 g/mol. The molecule has 156 valence electrons. The van der Waals surface area contributed by atoms with Crippen molar-refractivity contribution in [3.05, 3.63) is 58.1 Å². The van der Waals surface area contributed by atoms with Gasteiger partial charge >= 0.3 is 12.1 Å². The number of benzene rings is 1. The van der Waals surface area contributed by atoms with Gasteiger partial charge in [0.1, 0.15) is 12.1 Å². The number of carbonyl (C=O) groups excluding carboxylic acids is 1. The summed E-state index contributed by atoms with van der Waals surface area (Å²) in [6.07, 6.45) is -1.40. The highest BCUT2D eigenvalue weighted by Gasteiger charge is 2.45. The molecule has 3 rings (SSSR count). The summed E-state index contributed by atoms with van der Waals surface area (Å²) in [7, 11) is 1.27. The Balaban J connectivity index is 1.91. The lowest BCUT2D eigenvalue weighted by Crippen LogP contribution is -2.36. The van der Waals surface area contributed by atoms with Crippen LogP contribution in [-0.4, -0.2) is 40.6 Å². The molecule has 1 aliphatic carbocycles. The summed E-state index contributed by atoms with van der Waals surface area (Å²) in [6, 6.07) is 7.33. The zero-order valence-corrected chi connectivity index (χ0v) is 16.9. The van der Waals surface area contributed by atoms with Crippen molar-refractivity contribution in [3.8, 4) is 5.69 Å². The Bertz CT molecular complexity index is 944. The van der Waals surface area contributed by atoms with Gasteiger partial charge in [-0.25, -0.2) is 15.3 Å². The van der Waals surface area contributed by atoms with Gasteiger partial charge in [0, 0.05) is 28.2 Å². The lowest BCUT2D eigenvalue weighted by molar-refractivity contribution is -0.140. The fourth-order valence-corrected chi connectivity index (χ4v) is 3.59. The molecule has 11 heteroatoms. The van der Waals surface area contributed by atoms with E-state index in [-0.39, 0.29) is 23.1 Å². The van der Waals surface area contributed by atoms with Gasteiger partial charge in [-0.05, 0) is 24.6 Å². The minimum Gasteiger partial charge on any atom is -0.465 e.